The Morgan fingerprint density at radius 2 is 1.93 bits per heavy atom. The average Bonchev–Trinajstić information content (AvgIpc) is 3.39. The molecule has 2 aliphatic rings. The molecule has 0 radical (unpaired) electrons. The molecule has 1 saturated carbocycles. The minimum Gasteiger partial charge on any atom is -0.491 e. The number of aryl methyl sites for hydroxylation is 2. The number of nitrogens with one attached hydrogen (secondary N) is 1. The van der Waals surface area contributed by atoms with Gasteiger partial charge in [0.15, 0.2) is 0 Å². The first kappa shape index (κ1) is 18.8. The van der Waals surface area contributed by atoms with Crippen LogP contribution in [0.1, 0.15) is 42.9 Å². The van der Waals surface area contributed by atoms with Gasteiger partial charge >= 0.3 is 0 Å². The zero-order chi connectivity index (χ0) is 19.9. The van der Waals surface area contributed by atoms with Crippen molar-refractivity contribution in [3.05, 3.63) is 52.8 Å². The van der Waals surface area contributed by atoms with E-state index in [2.05, 4.69) is 29.3 Å². The normalized spacial score (nSPS) is 17.4. The van der Waals surface area contributed by atoms with Crippen molar-refractivity contribution in [2.45, 2.75) is 46.6 Å². The molecule has 2 aromatic rings. The maximum atomic E-state index is 13.5. The van der Waals surface area contributed by atoms with Gasteiger partial charge in [0.25, 0.3) is 0 Å². The Balaban J connectivity index is 1.54. The van der Waals surface area contributed by atoms with Crippen LogP contribution in [0.2, 0.25) is 0 Å². The van der Waals surface area contributed by atoms with Crippen molar-refractivity contribution in [2.24, 2.45) is 5.41 Å². The van der Waals surface area contributed by atoms with Gasteiger partial charge in [0.1, 0.15) is 18.2 Å². The van der Waals surface area contributed by atoms with Gasteiger partial charge in [0.05, 0.1) is 6.54 Å². The highest BCUT2D eigenvalue weighted by Crippen LogP contribution is 2.48. The van der Waals surface area contributed by atoms with Crippen LogP contribution >= 0.6 is 0 Å². The zero-order valence-electron chi connectivity index (χ0n) is 16.8. The van der Waals surface area contributed by atoms with E-state index in [1.165, 1.54) is 12.1 Å². The fourth-order valence-corrected chi connectivity index (χ4v) is 3.85. The second-order valence-electron chi connectivity index (χ2n) is 8.51. The molecular formula is C23H27FN2O2. The highest BCUT2D eigenvalue weighted by Gasteiger charge is 2.39. The Bertz CT molecular complexity index is 898. The lowest BCUT2D eigenvalue weighted by atomic mass is 10.0. The number of carbonyl (C=O) groups excluding carboxylic acids is 1. The number of halogens is 1. The molecule has 0 spiro atoms. The van der Waals surface area contributed by atoms with E-state index in [0.717, 1.165) is 47.5 Å². The van der Waals surface area contributed by atoms with E-state index in [1.54, 1.807) is 6.07 Å². The molecule has 0 aromatic heterocycles. The summed E-state index contributed by atoms with van der Waals surface area (Å²) in [6.45, 7) is 8.12. The molecule has 2 aromatic carbocycles. The van der Waals surface area contributed by atoms with Crippen LogP contribution in [0.4, 0.5) is 15.8 Å². The van der Waals surface area contributed by atoms with Gasteiger partial charge in [-0.25, -0.2) is 4.39 Å². The Morgan fingerprint density at radius 3 is 2.61 bits per heavy atom. The number of carbonyl (C=O) groups is 1. The van der Waals surface area contributed by atoms with Crippen LogP contribution in [0.25, 0.3) is 0 Å². The number of hydrogen-bond acceptors (Lipinski definition) is 3. The minimum absolute atomic E-state index is 0.0954. The topological polar surface area (TPSA) is 41.6 Å². The Labute approximate surface area is 165 Å². The van der Waals surface area contributed by atoms with Gasteiger partial charge in [-0.3, -0.25) is 4.79 Å². The molecule has 28 heavy (non-hydrogen) atoms. The minimum atomic E-state index is -0.279. The summed E-state index contributed by atoms with van der Waals surface area (Å²) < 4.78 is 19.2. The van der Waals surface area contributed by atoms with Crippen molar-refractivity contribution in [1.29, 1.82) is 0 Å². The highest BCUT2D eigenvalue weighted by molar-refractivity contribution is 5.93. The molecule has 4 nitrogen and oxygen atoms in total. The number of nitrogens with zero attached hydrogens (tertiary/aromatic N) is 1. The highest BCUT2D eigenvalue weighted by atomic mass is 19.1. The number of hydrogen-bond donors (Lipinski definition) is 1. The van der Waals surface area contributed by atoms with Crippen LogP contribution in [0.3, 0.4) is 0 Å². The summed E-state index contributed by atoms with van der Waals surface area (Å²) in [5, 5.41) is 3.12. The fourth-order valence-electron chi connectivity index (χ4n) is 3.85. The van der Waals surface area contributed by atoms with Crippen LogP contribution in [0, 0.1) is 25.1 Å². The molecule has 1 N–H and O–H groups in total. The largest absolute Gasteiger partial charge is 0.491 e. The predicted molar refractivity (Wildman–Crippen MR) is 109 cm³/mol. The van der Waals surface area contributed by atoms with Crippen LogP contribution < -0.4 is 15.0 Å². The SMILES string of the molecule is Cc1cc(N2CCOc3cc(F)ccc3C2)cc(C)c1NC(=O)CC1(C)CC1. The zero-order valence-corrected chi connectivity index (χ0v) is 16.8. The van der Waals surface area contributed by atoms with Gasteiger partial charge in [-0.05, 0) is 61.4 Å². The molecule has 0 atom stereocenters. The van der Waals surface area contributed by atoms with Gasteiger partial charge in [-0.15, -0.1) is 0 Å². The second kappa shape index (κ2) is 7.12. The summed E-state index contributed by atoms with van der Waals surface area (Å²) in [6, 6.07) is 8.93. The number of anilines is 2. The van der Waals surface area contributed by atoms with E-state index in [1.807, 2.05) is 13.8 Å². The number of rotatable bonds is 4. The molecular weight excluding hydrogens is 355 g/mol. The van der Waals surface area contributed by atoms with Crippen molar-refractivity contribution < 1.29 is 13.9 Å². The van der Waals surface area contributed by atoms with Crippen molar-refractivity contribution in [2.75, 3.05) is 23.4 Å². The van der Waals surface area contributed by atoms with Gasteiger partial charge in [-0.2, -0.15) is 0 Å². The van der Waals surface area contributed by atoms with Gasteiger partial charge in [0, 0.05) is 36.0 Å². The molecule has 0 bridgehead atoms. The quantitative estimate of drug-likeness (QED) is 0.812. The Hall–Kier alpha value is -2.56. The van der Waals surface area contributed by atoms with Crippen LogP contribution in [-0.2, 0) is 11.3 Å². The monoisotopic (exact) mass is 382 g/mol. The van der Waals surface area contributed by atoms with Crippen LogP contribution in [-0.4, -0.2) is 19.1 Å². The summed E-state index contributed by atoms with van der Waals surface area (Å²) in [4.78, 5) is 14.6. The van der Waals surface area contributed by atoms with E-state index in [0.29, 0.717) is 25.3 Å². The Morgan fingerprint density at radius 1 is 1.21 bits per heavy atom. The third kappa shape index (κ3) is 3.98. The first-order valence-electron chi connectivity index (χ1n) is 9.90. The molecule has 1 amide bonds. The summed E-state index contributed by atoms with van der Waals surface area (Å²) in [6.07, 6.45) is 2.86. The Kier molecular flexibility index (Phi) is 4.77. The standard InChI is InChI=1S/C23H27FN2O2/c1-15-10-19(11-16(2)22(15)25-21(27)13-23(3)6-7-23)26-8-9-28-20-12-18(24)5-4-17(20)14-26/h4-5,10-12H,6-9,13-14H2,1-3H3,(H,25,27). The fraction of sp³-hybridized carbons (Fsp3) is 0.435. The number of amides is 1. The first-order valence-corrected chi connectivity index (χ1v) is 9.90. The lowest BCUT2D eigenvalue weighted by molar-refractivity contribution is -0.117. The van der Waals surface area contributed by atoms with E-state index in [-0.39, 0.29) is 17.1 Å². The maximum absolute atomic E-state index is 13.5. The maximum Gasteiger partial charge on any atom is 0.224 e. The molecule has 4 rings (SSSR count). The summed E-state index contributed by atoms with van der Waals surface area (Å²) in [7, 11) is 0. The molecule has 148 valence electrons. The number of benzene rings is 2. The van der Waals surface area contributed by atoms with Crippen molar-refractivity contribution in [3.8, 4) is 5.75 Å². The van der Waals surface area contributed by atoms with E-state index in [4.69, 9.17) is 4.74 Å². The van der Waals surface area contributed by atoms with Gasteiger partial charge in [-0.1, -0.05) is 13.0 Å². The number of fused-ring (bicyclic) bond motifs is 1. The van der Waals surface area contributed by atoms with E-state index >= 15 is 0 Å². The lowest BCUT2D eigenvalue weighted by Crippen LogP contribution is -2.25. The van der Waals surface area contributed by atoms with Crippen LogP contribution in [0.5, 0.6) is 5.75 Å². The number of ether oxygens (including phenoxy) is 1. The van der Waals surface area contributed by atoms with Gasteiger partial charge < -0.3 is 15.0 Å². The smallest absolute Gasteiger partial charge is 0.224 e. The van der Waals surface area contributed by atoms with Crippen molar-refractivity contribution in [3.63, 3.8) is 0 Å². The lowest BCUT2D eigenvalue weighted by Gasteiger charge is -2.24. The third-order valence-electron chi connectivity index (χ3n) is 5.85. The third-order valence-corrected chi connectivity index (χ3v) is 5.85. The van der Waals surface area contributed by atoms with Crippen LogP contribution in [0.15, 0.2) is 30.3 Å². The molecule has 1 heterocycles. The predicted octanol–water partition coefficient (Wildman–Crippen LogP) is 4.97. The summed E-state index contributed by atoms with van der Waals surface area (Å²) in [5.74, 6) is 0.436. The second-order valence-corrected chi connectivity index (χ2v) is 8.51. The molecule has 1 aliphatic carbocycles. The van der Waals surface area contributed by atoms with Crippen molar-refractivity contribution in [1.82, 2.24) is 0 Å². The molecule has 1 aliphatic heterocycles. The van der Waals surface area contributed by atoms with E-state index in [9.17, 15) is 9.18 Å². The summed E-state index contributed by atoms with van der Waals surface area (Å²) in [5.41, 5.74) is 5.27. The molecule has 0 unspecified atom stereocenters. The first-order chi connectivity index (χ1) is 13.3. The molecule has 1 fully saturated rings. The molecule has 5 heteroatoms. The average molecular weight is 382 g/mol. The molecule has 0 saturated heterocycles. The van der Waals surface area contributed by atoms with Gasteiger partial charge in [0.2, 0.25) is 5.91 Å². The van der Waals surface area contributed by atoms with E-state index < -0.39 is 0 Å². The van der Waals surface area contributed by atoms with Crippen molar-refractivity contribution >= 4 is 17.3 Å². The summed E-state index contributed by atoms with van der Waals surface area (Å²) >= 11 is 0.